The van der Waals surface area contributed by atoms with Crippen molar-refractivity contribution in [3.05, 3.63) is 77.3 Å². The van der Waals surface area contributed by atoms with E-state index >= 15 is 0 Å². The Balaban J connectivity index is 1.95. The molecule has 0 aliphatic carbocycles. The van der Waals surface area contributed by atoms with E-state index in [0.717, 1.165) is 4.90 Å². The molecule has 0 N–H and O–H groups in total. The third kappa shape index (κ3) is 2.98. The molecule has 2 amide bonds. The van der Waals surface area contributed by atoms with Crippen LogP contribution in [-0.4, -0.2) is 27.3 Å². The van der Waals surface area contributed by atoms with Gasteiger partial charge in [-0.15, -0.1) is 11.0 Å². The largest absolute Gasteiger partial charge is 0.277 e. The lowest BCUT2D eigenvalue weighted by Gasteiger charge is -2.32. The summed E-state index contributed by atoms with van der Waals surface area (Å²) in [6.45, 7) is 5.66. The number of carbonyl (C=O) groups excluding carboxylic acids is 2. The Morgan fingerprint density at radius 3 is 2.12 bits per heavy atom. The number of fused-ring (bicyclic) bond motifs is 1. The highest BCUT2D eigenvalue weighted by Gasteiger charge is 2.40. The van der Waals surface area contributed by atoms with Crippen LogP contribution in [0, 0.1) is 0 Å². The molecule has 1 heterocycles. The van der Waals surface area contributed by atoms with E-state index in [0.29, 0.717) is 16.1 Å². The second kappa shape index (κ2) is 6.81. The number of rotatable bonds is 5. The molecule has 1 aliphatic rings. The van der Waals surface area contributed by atoms with Gasteiger partial charge in [0.05, 0.1) is 17.2 Å². The van der Waals surface area contributed by atoms with Crippen LogP contribution in [0.5, 0.6) is 0 Å². The average molecular weight is 359 g/mol. The SMILES string of the molecule is C=CC(C)N(Sc1ccc(Cl)cc1)N1C(=O)c2ccccc2C1=O. The maximum atomic E-state index is 12.7. The highest BCUT2D eigenvalue weighted by atomic mass is 35.5. The van der Waals surface area contributed by atoms with Crippen molar-refractivity contribution in [3.8, 4) is 0 Å². The number of amides is 2. The van der Waals surface area contributed by atoms with Gasteiger partial charge in [-0.3, -0.25) is 9.59 Å². The Morgan fingerprint density at radius 2 is 1.62 bits per heavy atom. The van der Waals surface area contributed by atoms with Gasteiger partial charge in [-0.05, 0) is 55.3 Å². The topological polar surface area (TPSA) is 40.6 Å². The van der Waals surface area contributed by atoms with E-state index in [1.807, 2.05) is 19.1 Å². The Hall–Kier alpha value is -2.08. The Labute approximate surface area is 149 Å². The van der Waals surface area contributed by atoms with Crippen LogP contribution in [0.4, 0.5) is 0 Å². The zero-order valence-corrected chi connectivity index (χ0v) is 14.6. The maximum Gasteiger partial charge on any atom is 0.277 e. The Kier molecular flexibility index (Phi) is 4.76. The lowest BCUT2D eigenvalue weighted by molar-refractivity contribution is 0.0322. The zero-order chi connectivity index (χ0) is 17.3. The molecule has 2 aromatic rings. The van der Waals surface area contributed by atoms with E-state index < -0.39 is 0 Å². The molecule has 2 aromatic carbocycles. The molecule has 0 bridgehead atoms. The van der Waals surface area contributed by atoms with E-state index in [-0.39, 0.29) is 17.9 Å². The molecule has 1 aliphatic heterocycles. The van der Waals surface area contributed by atoms with Crippen LogP contribution in [0.15, 0.2) is 66.1 Å². The van der Waals surface area contributed by atoms with E-state index in [9.17, 15) is 9.59 Å². The number of imide groups is 1. The molecule has 1 atom stereocenters. The number of halogens is 1. The first-order valence-corrected chi connectivity index (χ1v) is 8.51. The fraction of sp³-hybridized carbons (Fsp3) is 0.111. The molecular weight excluding hydrogens is 344 g/mol. The van der Waals surface area contributed by atoms with Gasteiger partial charge in [0.1, 0.15) is 0 Å². The molecule has 0 saturated carbocycles. The van der Waals surface area contributed by atoms with Crippen molar-refractivity contribution >= 4 is 35.4 Å². The van der Waals surface area contributed by atoms with Crippen LogP contribution in [0.2, 0.25) is 5.02 Å². The van der Waals surface area contributed by atoms with Gasteiger partial charge in [0.15, 0.2) is 0 Å². The van der Waals surface area contributed by atoms with Crippen LogP contribution in [0.3, 0.4) is 0 Å². The molecule has 1 unspecified atom stereocenters. The third-order valence-corrected chi connectivity index (χ3v) is 5.09. The molecule has 0 saturated heterocycles. The van der Waals surface area contributed by atoms with Gasteiger partial charge in [-0.1, -0.05) is 29.8 Å². The summed E-state index contributed by atoms with van der Waals surface area (Å²) in [5.74, 6) is -0.656. The van der Waals surface area contributed by atoms with Crippen molar-refractivity contribution in [2.45, 2.75) is 17.9 Å². The van der Waals surface area contributed by atoms with Gasteiger partial charge in [0.2, 0.25) is 0 Å². The molecule has 0 radical (unpaired) electrons. The van der Waals surface area contributed by atoms with Crippen LogP contribution in [0.25, 0.3) is 0 Å². The first-order chi connectivity index (χ1) is 11.5. The van der Waals surface area contributed by atoms with E-state index in [1.165, 1.54) is 17.0 Å². The van der Waals surface area contributed by atoms with E-state index in [4.69, 9.17) is 11.6 Å². The normalized spacial score (nSPS) is 14.9. The summed E-state index contributed by atoms with van der Waals surface area (Å²) in [4.78, 5) is 26.3. The van der Waals surface area contributed by atoms with Crippen LogP contribution in [0.1, 0.15) is 27.6 Å². The smallest absolute Gasteiger partial charge is 0.267 e. The van der Waals surface area contributed by atoms with Gasteiger partial charge in [0.25, 0.3) is 11.8 Å². The summed E-state index contributed by atoms with van der Waals surface area (Å²) in [6, 6.07) is 13.8. The summed E-state index contributed by atoms with van der Waals surface area (Å²) in [5, 5.41) is 1.81. The minimum absolute atomic E-state index is 0.229. The Morgan fingerprint density at radius 1 is 1.08 bits per heavy atom. The first kappa shape index (κ1) is 16.8. The van der Waals surface area contributed by atoms with Crippen molar-refractivity contribution in [1.29, 1.82) is 0 Å². The van der Waals surface area contributed by atoms with Crippen LogP contribution < -0.4 is 0 Å². The summed E-state index contributed by atoms with van der Waals surface area (Å²) >= 11 is 7.21. The fourth-order valence-electron chi connectivity index (χ4n) is 2.36. The number of carbonyl (C=O) groups is 2. The molecule has 122 valence electrons. The summed E-state index contributed by atoms with van der Waals surface area (Å²) in [6.07, 6.45) is 1.69. The molecule has 4 nitrogen and oxygen atoms in total. The van der Waals surface area contributed by atoms with Gasteiger partial charge < -0.3 is 0 Å². The zero-order valence-electron chi connectivity index (χ0n) is 13.0. The number of hydrazine groups is 1. The Bertz CT molecular complexity index is 772. The monoisotopic (exact) mass is 358 g/mol. The van der Waals surface area contributed by atoms with E-state index in [1.54, 1.807) is 46.9 Å². The van der Waals surface area contributed by atoms with Crippen molar-refractivity contribution in [3.63, 3.8) is 0 Å². The average Bonchev–Trinajstić information content (AvgIpc) is 2.85. The van der Waals surface area contributed by atoms with Gasteiger partial charge >= 0.3 is 0 Å². The van der Waals surface area contributed by atoms with Gasteiger partial charge in [-0.25, -0.2) is 0 Å². The molecule has 6 heteroatoms. The minimum Gasteiger partial charge on any atom is -0.267 e. The first-order valence-electron chi connectivity index (χ1n) is 7.36. The van der Waals surface area contributed by atoms with Crippen molar-refractivity contribution in [1.82, 2.24) is 9.42 Å². The van der Waals surface area contributed by atoms with E-state index in [2.05, 4.69) is 6.58 Å². The molecule has 0 fully saturated rings. The quantitative estimate of drug-likeness (QED) is 0.450. The highest BCUT2D eigenvalue weighted by molar-refractivity contribution is 7.97. The standard InChI is InChI=1S/C18H15ClN2O2S/c1-3-12(2)21(24-14-10-8-13(19)9-11-14)20-17(22)15-6-4-5-7-16(15)18(20)23/h3-12H,1H2,2H3. The minimum atomic E-state index is -0.328. The van der Waals surface area contributed by atoms with Gasteiger partial charge in [-0.2, -0.15) is 5.01 Å². The maximum absolute atomic E-state index is 12.7. The molecule has 3 rings (SSSR count). The van der Waals surface area contributed by atoms with Crippen LogP contribution >= 0.6 is 23.5 Å². The molecule has 0 aromatic heterocycles. The van der Waals surface area contributed by atoms with Crippen molar-refractivity contribution in [2.24, 2.45) is 0 Å². The second-order valence-electron chi connectivity index (χ2n) is 5.29. The second-order valence-corrected chi connectivity index (χ2v) is 6.76. The van der Waals surface area contributed by atoms with Crippen molar-refractivity contribution in [2.75, 3.05) is 0 Å². The van der Waals surface area contributed by atoms with Gasteiger partial charge in [0, 0.05) is 9.92 Å². The third-order valence-electron chi connectivity index (χ3n) is 3.67. The highest BCUT2D eigenvalue weighted by Crippen LogP contribution is 2.33. The van der Waals surface area contributed by atoms with Crippen LogP contribution in [-0.2, 0) is 0 Å². The lowest BCUT2D eigenvalue weighted by Crippen LogP contribution is -2.46. The number of nitrogens with zero attached hydrogens (tertiary/aromatic N) is 2. The van der Waals surface area contributed by atoms with Crippen molar-refractivity contribution < 1.29 is 9.59 Å². The fourth-order valence-corrected chi connectivity index (χ4v) is 3.44. The molecule has 24 heavy (non-hydrogen) atoms. The lowest BCUT2D eigenvalue weighted by atomic mass is 10.1. The predicted molar refractivity (Wildman–Crippen MR) is 95.7 cm³/mol. The predicted octanol–water partition coefficient (Wildman–Crippen LogP) is 4.43. The summed E-state index contributed by atoms with van der Waals surface area (Å²) in [7, 11) is 0. The summed E-state index contributed by atoms with van der Waals surface area (Å²) < 4.78 is 1.64. The number of hydrogen-bond donors (Lipinski definition) is 0. The molecule has 0 spiro atoms. The number of hydrogen-bond acceptors (Lipinski definition) is 4. The summed E-state index contributed by atoms with van der Waals surface area (Å²) in [5.41, 5.74) is 0.834. The molecular formula is C18H15ClN2O2S. The number of benzene rings is 2.